The number of aryl methyl sites for hydroxylation is 2. The predicted molar refractivity (Wildman–Crippen MR) is 73.2 cm³/mol. The fourth-order valence-electron chi connectivity index (χ4n) is 2.20. The molecule has 2 rings (SSSR count). The van der Waals surface area contributed by atoms with E-state index in [9.17, 15) is 4.79 Å². The van der Waals surface area contributed by atoms with Crippen LogP contribution in [0, 0.1) is 13.8 Å². The van der Waals surface area contributed by atoms with Crippen molar-refractivity contribution in [1.29, 1.82) is 0 Å². The van der Waals surface area contributed by atoms with Gasteiger partial charge in [0.15, 0.2) is 0 Å². The van der Waals surface area contributed by atoms with Gasteiger partial charge in [0.05, 0.1) is 5.69 Å². The van der Waals surface area contributed by atoms with Crippen molar-refractivity contribution in [3.63, 3.8) is 0 Å². The molecule has 94 valence electrons. The summed E-state index contributed by atoms with van der Waals surface area (Å²) in [6.07, 6.45) is 0.796. The van der Waals surface area contributed by atoms with Crippen molar-refractivity contribution in [3.8, 4) is 11.1 Å². The Morgan fingerprint density at radius 2 is 2.11 bits per heavy atom. The van der Waals surface area contributed by atoms with Crippen molar-refractivity contribution in [3.05, 3.63) is 40.2 Å². The fourth-order valence-corrected chi connectivity index (χ4v) is 2.49. The zero-order valence-electron chi connectivity index (χ0n) is 10.7. The zero-order valence-corrected chi connectivity index (χ0v) is 11.5. The number of aldehydes is 1. The summed E-state index contributed by atoms with van der Waals surface area (Å²) in [6, 6.07) is 5.34. The van der Waals surface area contributed by atoms with Gasteiger partial charge in [-0.25, -0.2) is 0 Å². The summed E-state index contributed by atoms with van der Waals surface area (Å²) >= 11 is 6.24. The predicted octanol–water partition coefficient (Wildman–Crippen LogP) is 3.65. The van der Waals surface area contributed by atoms with Crippen LogP contribution in [0.5, 0.6) is 0 Å². The first-order valence-corrected chi connectivity index (χ1v) is 6.25. The lowest BCUT2D eigenvalue weighted by atomic mass is 10.0. The standard InChI is InChI=1S/C14H15ClN2O/c1-4-17-10(3)14(9(2)16-17)12-6-5-11(8-18)7-13(12)15/h5-8H,4H2,1-3H3. The molecule has 18 heavy (non-hydrogen) atoms. The van der Waals surface area contributed by atoms with Crippen LogP contribution < -0.4 is 0 Å². The van der Waals surface area contributed by atoms with Gasteiger partial charge in [-0.15, -0.1) is 0 Å². The Balaban J connectivity index is 2.62. The Bertz CT molecular complexity index is 602. The minimum atomic E-state index is 0.585. The second kappa shape index (κ2) is 4.94. The quantitative estimate of drug-likeness (QED) is 0.792. The number of benzene rings is 1. The van der Waals surface area contributed by atoms with Crippen LogP contribution in [0.4, 0.5) is 0 Å². The summed E-state index contributed by atoms with van der Waals surface area (Å²) in [5.74, 6) is 0. The number of halogens is 1. The first-order valence-electron chi connectivity index (χ1n) is 5.87. The molecule has 0 aliphatic heterocycles. The van der Waals surface area contributed by atoms with Gasteiger partial charge in [-0.3, -0.25) is 9.48 Å². The van der Waals surface area contributed by atoms with Crippen LogP contribution in [0.25, 0.3) is 11.1 Å². The number of aromatic nitrogens is 2. The number of carbonyl (C=O) groups is 1. The summed E-state index contributed by atoms with van der Waals surface area (Å²) in [4.78, 5) is 10.7. The molecule has 0 saturated carbocycles. The second-order valence-electron chi connectivity index (χ2n) is 4.22. The summed E-state index contributed by atoms with van der Waals surface area (Å²) in [6.45, 7) is 6.89. The molecule has 0 fully saturated rings. The molecule has 0 saturated heterocycles. The molecule has 0 N–H and O–H groups in total. The van der Waals surface area contributed by atoms with Gasteiger partial charge < -0.3 is 0 Å². The highest BCUT2D eigenvalue weighted by Gasteiger charge is 2.15. The van der Waals surface area contributed by atoms with Crippen LogP contribution in [-0.2, 0) is 6.54 Å². The maximum absolute atomic E-state index is 10.7. The molecule has 0 aliphatic carbocycles. The van der Waals surface area contributed by atoms with E-state index in [2.05, 4.69) is 12.0 Å². The van der Waals surface area contributed by atoms with Gasteiger partial charge in [-0.05, 0) is 26.8 Å². The maximum atomic E-state index is 10.7. The van der Waals surface area contributed by atoms with Crippen molar-refractivity contribution in [2.24, 2.45) is 0 Å². The number of nitrogens with zero attached hydrogens (tertiary/aromatic N) is 2. The Hall–Kier alpha value is -1.61. The highest BCUT2D eigenvalue weighted by Crippen LogP contribution is 2.33. The van der Waals surface area contributed by atoms with Crippen molar-refractivity contribution in [1.82, 2.24) is 9.78 Å². The summed E-state index contributed by atoms with van der Waals surface area (Å²) in [5, 5.41) is 5.06. The minimum Gasteiger partial charge on any atom is -0.298 e. The van der Waals surface area contributed by atoms with E-state index < -0.39 is 0 Å². The van der Waals surface area contributed by atoms with Gasteiger partial charge in [0, 0.05) is 34.0 Å². The van der Waals surface area contributed by atoms with E-state index in [-0.39, 0.29) is 0 Å². The molecule has 0 unspecified atom stereocenters. The molecule has 2 aromatic rings. The smallest absolute Gasteiger partial charge is 0.150 e. The monoisotopic (exact) mass is 262 g/mol. The van der Waals surface area contributed by atoms with Crippen molar-refractivity contribution in [2.75, 3.05) is 0 Å². The third-order valence-corrected chi connectivity index (χ3v) is 3.39. The topological polar surface area (TPSA) is 34.9 Å². The summed E-state index contributed by atoms with van der Waals surface area (Å²) < 4.78 is 1.95. The molecule has 4 heteroatoms. The van der Waals surface area contributed by atoms with Gasteiger partial charge in [-0.2, -0.15) is 5.10 Å². The lowest BCUT2D eigenvalue weighted by Gasteiger charge is -2.06. The number of hydrogen-bond acceptors (Lipinski definition) is 2. The van der Waals surface area contributed by atoms with Crippen LogP contribution in [0.2, 0.25) is 5.02 Å². The Kier molecular flexibility index (Phi) is 3.53. The van der Waals surface area contributed by atoms with E-state index in [1.54, 1.807) is 12.1 Å². The van der Waals surface area contributed by atoms with Crippen LogP contribution in [-0.4, -0.2) is 16.1 Å². The van der Waals surface area contributed by atoms with Gasteiger partial charge in [-0.1, -0.05) is 23.7 Å². The van der Waals surface area contributed by atoms with E-state index in [4.69, 9.17) is 11.6 Å². The molecule has 1 heterocycles. The molecular weight excluding hydrogens is 248 g/mol. The highest BCUT2D eigenvalue weighted by atomic mass is 35.5. The van der Waals surface area contributed by atoms with E-state index in [0.29, 0.717) is 10.6 Å². The Morgan fingerprint density at radius 3 is 2.61 bits per heavy atom. The largest absolute Gasteiger partial charge is 0.298 e. The molecule has 1 aromatic heterocycles. The number of carbonyl (C=O) groups excluding carboxylic acids is 1. The molecule has 3 nitrogen and oxygen atoms in total. The van der Waals surface area contributed by atoms with E-state index in [1.807, 2.05) is 24.6 Å². The van der Waals surface area contributed by atoms with E-state index in [1.165, 1.54) is 0 Å². The van der Waals surface area contributed by atoms with Crippen LogP contribution >= 0.6 is 11.6 Å². The molecule has 1 aromatic carbocycles. The molecular formula is C14H15ClN2O. The van der Waals surface area contributed by atoms with Gasteiger partial charge in [0.1, 0.15) is 6.29 Å². The average molecular weight is 263 g/mol. The lowest BCUT2D eigenvalue weighted by molar-refractivity contribution is 0.112. The molecule has 0 radical (unpaired) electrons. The molecule has 0 amide bonds. The molecule has 0 bridgehead atoms. The number of hydrogen-bond donors (Lipinski definition) is 0. The first kappa shape index (κ1) is 12.8. The van der Waals surface area contributed by atoms with Gasteiger partial charge >= 0.3 is 0 Å². The van der Waals surface area contributed by atoms with Crippen molar-refractivity contribution in [2.45, 2.75) is 27.3 Å². The fraction of sp³-hybridized carbons (Fsp3) is 0.286. The average Bonchev–Trinajstić information content (AvgIpc) is 2.64. The van der Waals surface area contributed by atoms with Crippen LogP contribution in [0.15, 0.2) is 18.2 Å². The third-order valence-electron chi connectivity index (χ3n) is 3.08. The normalized spacial score (nSPS) is 10.7. The van der Waals surface area contributed by atoms with E-state index >= 15 is 0 Å². The highest BCUT2D eigenvalue weighted by molar-refractivity contribution is 6.33. The lowest BCUT2D eigenvalue weighted by Crippen LogP contribution is -1.98. The second-order valence-corrected chi connectivity index (χ2v) is 4.63. The van der Waals surface area contributed by atoms with Crippen LogP contribution in [0.3, 0.4) is 0 Å². The Labute approximate surface area is 111 Å². The molecule has 0 aliphatic rings. The van der Waals surface area contributed by atoms with Crippen molar-refractivity contribution >= 4 is 17.9 Å². The zero-order chi connectivity index (χ0) is 13.3. The number of rotatable bonds is 3. The molecule has 0 atom stereocenters. The summed E-state index contributed by atoms with van der Waals surface area (Å²) in [7, 11) is 0. The van der Waals surface area contributed by atoms with Crippen LogP contribution in [0.1, 0.15) is 28.7 Å². The molecule has 0 spiro atoms. The van der Waals surface area contributed by atoms with Gasteiger partial charge in [0.25, 0.3) is 0 Å². The third kappa shape index (κ3) is 2.06. The van der Waals surface area contributed by atoms with Gasteiger partial charge in [0.2, 0.25) is 0 Å². The minimum absolute atomic E-state index is 0.585. The van der Waals surface area contributed by atoms with Crippen molar-refractivity contribution < 1.29 is 4.79 Å². The van der Waals surface area contributed by atoms with E-state index in [0.717, 1.165) is 35.3 Å². The summed E-state index contributed by atoms with van der Waals surface area (Å²) in [5.41, 5.74) is 4.61. The first-order chi connectivity index (χ1) is 8.58. The SMILES string of the molecule is CCn1nc(C)c(-c2ccc(C=O)cc2Cl)c1C. The maximum Gasteiger partial charge on any atom is 0.150 e. The Morgan fingerprint density at radius 1 is 1.39 bits per heavy atom.